The van der Waals surface area contributed by atoms with Crippen LogP contribution in [0.3, 0.4) is 0 Å². The van der Waals surface area contributed by atoms with E-state index in [0.29, 0.717) is 5.70 Å². The van der Waals surface area contributed by atoms with Gasteiger partial charge in [0.15, 0.2) is 8.32 Å². The van der Waals surface area contributed by atoms with Gasteiger partial charge in [-0.1, -0.05) is 34.3 Å². The first-order valence-electron chi connectivity index (χ1n) is 8.66. The summed E-state index contributed by atoms with van der Waals surface area (Å²) in [5, 5.41) is 0.0961. The van der Waals surface area contributed by atoms with E-state index >= 15 is 0 Å². The van der Waals surface area contributed by atoms with Gasteiger partial charge in [-0.3, -0.25) is 9.59 Å². The fourth-order valence-corrected chi connectivity index (χ4v) is 5.02. The van der Waals surface area contributed by atoms with E-state index < -0.39 is 14.4 Å². The standard InChI is InChI=1S/C18H31NO4Si/c1-10-15-14(12(3)23-24(8,9)18(5,6)7)17(21)19(15)11(2)16(10)22-13(4)20/h10,12,14-16H,2H2,1,3-9H3/t10-,12-,14-,15-,16-/m1/s1. The number of esters is 1. The van der Waals surface area contributed by atoms with Crippen molar-refractivity contribution in [3.63, 3.8) is 0 Å². The first kappa shape index (κ1) is 19.2. The fourth-order valence-electron chi connectivity index (χ4n) is 3.59. The average Bonchev–Trinajstić information content (AvgIpc) is 2.57. The van der Waals surface area contributed by atoms with E-state index in [4.69, 9.17) is 9.16 Å². The van der Waals surface area contributed by atoms with Crippen molar-refractivity contribution in [3.05, 3.63) is 12.3 Å². The monoisotopic (exact) mass is 353 g/mol. The Hall–Kier alpha value is -1.14. The maximum atomic E-state index is 12.7. The minimum atomic E-state index is -1.95. The van der Waals surface area contributed by atoms with Crippen molar-refractivity contribution in [2.75, 3.05) is 0 Å². The van der Waals surface area contributed by atoms with E-state index in [9.17, 15) is 9.59 Å². The van der Waals surface area contributed by atoms with Gasteiger partial charge in [0.1, 0.15) is 6.10 Å². The van der Waals surface area contributed by atoms with E-state index in [2.05, 4.69) is 40.4 Å². The molecular weight excluding hydrogens is 322 g/mol. The molecule has 6 heteroatoms. The van der Waals surface area contributed by atoms with Crippen LogP contribution in [0.1, 0.15) is 41.5 Å². The lowest BCUT2D eigenvalue weighted by atomic mass is 9.79. The van der Waals surface area contributed by atoms with Crippen molar-refractivity contribution >= 4 is 20.2 Å². The molecule has 136 valence electrons. The van der Waals surface area contributed by atoms with Crippen LogP contribution in [-0.2, 0) is 18.8 Å². The Morgan fingerprint density at radius 1 is 1.33 bits per heavy atom. The Labute approximate surface area is 146 Å². The van der Waals surface area contributed by atoms with Crippen molar-refractivity contribution in [1.82, 2.24) is 4.90 Å². The van der Waals surface area contributed by atoms with Crippen molar-refractivity contribution in [1.29, 1.82) is 0 Å². The second-order valence-electron chi connectivity index (χ2n) is 8.69. The van der Waals surface area contributed by atoms with Gasteiger partial charge in [0.05, 0.1) is 23.8 Å². The van der Waals surface area contributed by atoms with E-state index in [1.807, 2.05) is 13.8 Å². The van der Waals surface area contributed by atoms with Gasteiger partial charge in [-0.25, -0.2) is 0 Å². The largest absolute Gasteiger partial charge is 0.456 e. The maximum Gasteiger partial charge on any atom is 0.303 e. The molecule has 1 amide bonds. The lowest BCUT2D eigenvalue weighted by molar-refractivity contribution is -0.157. The number of carbonyl (C=O) groups is 2. The number of β-lactam (4-membered cyclic amide) rings is 1. The van der Waals surface area contributed by atoms with Gasteiger partial charge in [-0.2, -0.15) is 0 Å². The van der Waals surface area contributed by atoms with Gasteiger partial charge in [0, 0.05) is 12.8 Å². The Morgan fingerprint density at radius 3 is 2.33 bits per heavy atom. The average molecular weight is 354 g/mol. The molecule has 5 atom stereocenters. The van der Waals surface area contributed by atoms with Gasteiger partial charge in [-0.05, 0) is 25.1 Å². The minimum absolute atomic E-state index is 0.00844. The molecule has 0 radical (unpaired) electrons. The summed E-state index contributed by atoms with van der Waals surface area (Å²) in [6.45, 7) is 20.3. The molecule has 0 aromatic heterocycles. The molecule has 0 N–H and O–H groups in total. The molecule has 0 unspecified atom stereocenters. The third-order valence-electron chi connectivity index (χ3n) is 5.93. The summed E-state index contributed by atoms with van der Waals surface area (Å²) in [6, 6.07) is 0.00844. The van der Waals surface area contributed by atoms with Crippen LogP contribution in [0.2, 0.25) is 18.1 Å². The van der Waals surface area contributed by atoms with Crippen LogP contribution in [-0.4, -0.2) is 43.3 Å². The van der Waals surface area contributed by atoms with Crippen molar-refractivity contribution < 1.29 is 18.8 Å². The number of hydrogen-bond acceptors (Lipinski definition) is 4. The SMILES string of the molecule is C=C1[C@H](OC(C)=O)[C@H](C)[C@@H]2[C@@H]([C@@H](C)O[Si](C)(C)C(C)(C)C)C(=O)N12. The first-order valence-corrected chi connectivity index (χ1v) is 11.6. The number of rotatable bonds is 4. The van der Waals surface area contributed by atoms with E-state index in [1.54, 1.807) is 4.90 Å². The molecule has 5 nitrogen and oxygen atoms in total. The lowest BCUT2D eigenvalue weighted by Gasteiger charge is -2.49. The molecule has 2 heterocycles. The number of ether oxygens (including phenoxy) is 1. The summed E-state index contributed by atoms with van der Waals surface area (Å²) in [6.07, 6.45) is -0.563. The molecule has 2 fully saturated rings. The van der Waals surface area contributed by atoms with Gasteiger partial charge in [-0.15, -0.1) is 0 Å². The summed E-state index contributed by atoms with van der Waals surface area (Å²) < 4.78 is 11.8. The smallest absolute Gasteiger partial charge is 0.303 e. The normalized spacial score (nSPS) is 31.6. The van der Waals surface area contributed by atoms with E-state index in [1.165, 1.54) is 6.92 Å². The molecular formula is C18H31NO4Si. The summed E-state index contributed by atoms with van der Waals surface area (Å²) >= 11 is 0. The number of fused-ring (bicyclic) bond motifs is 1. The highest BCUT2D eigenvalue weighted by Gasteiger charge is 2.62. The topological polar surface area (TPSA) is 55.8 Å². The summed E-state index contributed by atoms with van der Waals surface area (Å²) in [7, 11) is -1.95. The van der Waals surface area contributed by atoms with Crippen LogP contribution in [0, 0.1) is 11.8 Å². The van der Waals surface area contributed by atoms with Crippen LogP contribution in [0.5, 0.6) is 0 Å². The van der Waals surface area contributed by atoms with E-state index in [-0.39, 0.29) is 40.9 Å². The number of carbonyl (C=O) groups excluding carboxylic acids is 2. The summed E-state index contributed by atoms with van der Waals surface area (Å²) in [4.78, 5) is 25.7. The summed E-state index contributed by atoms with van der Waals surface area (Å²) in [5.74, 6) is -0.455. The Morgan fingerprint density at radius 2 is 1.88 bits per heavy atom. The third-order valence-corrected chi connectivity index (χ3v) is 10.5. The minimum Gasteiger partial charge on any atom is -0.456 e. The van der Waals surface area contributed by atoms with Gasteiger partial charge in [0.25, 0.3) is 0 Å². The fraction of sp³-hybridized carbons (Fsp3) is 0.778. The van der Waals surface area contributed by atoms with Crippen LogP contribution < -0.4 is 0 Å². The van der Waals surface area contributed by atoms with Crippen LogP contribution in [0.25, 0.3) is 0 Å². The molecule has 0 bridgehead atoms. The zero-order chi connectivity index (χ0) is 18.6. The molecule has 0 aromatic carbocycles. The first-order chi connectivity index (χ1) is 10.8. The molecule has 24 heavy (non-hydrogen) atoms. The number of hydrogen-bond donors (Lipinski definition) is 0. The van der Waals surface area contributed by atoms with Crippen LogP contribution in [0.15, 0.2) is 12.3 Å². The van der Waals surface area contributed by atoms with E-state index in [0.717, 1.165) is 0 Å². The van der Waals surface area contributed by atoms with Gasteiger partial charge >= 0.3 is 5.97 Å². The van der Waals surface area contributed by atoms with Crippen molar-refractivity contribution in [2.24, 2.45) is 11.8 Å². The predicted molar refractivity (Wildman–Crippen MR) is 95.7 cm³/mol. The van der Waals surface area contributed by atoms with Crippen LogP contribution >= 0.6 is 0 Å². The third kappa shape index (κ3) is 2.94. The Balaban J connectivity index is 2.16. The molecule has 2 rings (SSSR count). The highest BCUT2D eigenvalue weighted by Crippen LogP contribution is 2.49. The highest BCUT2D eigenvalue weighted by atomic mass is 28.4. The maximum absolute atomic E-state index is 12.7. The summed E-state index contributed by atoms with van der Waals surface area (Å²) in [5.41, 5.74) is 0.600. The Kier molecular flexibility index (Phi) is 4.78. The Bertz CT molecular complexity index is 566. The molecule has 0 saturated carbocycles. The molecule has 2 aliphatic rings. The second kappa shape index (κ2) is 5.99. The molecule has 2 aliphatic heterocycles. The zero-order valence-corrected chi connectivity index (χ0v) is 17.2. The predicted octanol–water partition coefficient (Wildman–Crippen LogP) is 3.32. The van der Waals surface area contributed by atoms with Gasteiger partial charge < -0.3 is 14.1 Å². The quantitative estimate of drug-likeness (QED) is 0.442. The molecule has 2 saturated heterocycles. The molecule has 0 spiro atoms. The number of amides is 1. The van der Waals surface area contributed by atoms with Gasteiger partial charge in [0.2, 0.25) is 5.91 Å². The number of nitrogens with zero attached hydrogens (tertiary/aromatic N) is 1. The lowest BCUT2D eigenvalue weighted by Crippen LogP contribution is -2.63. The molecule has 0 aliphatic carbocycles. The van der Waals surface area contributed by atoms with Crippen LogP contribution in [0.4, 0.5) is 0 Å². The second-order valence-corrected chi connectivity index (χ2v) is 13.4. The van der Waals surface area contributed by atoms with Crippen molar-refractivity contribution in [2.45, 2.75) is 77.9 Å². The highest BCUT2D eigenvalue weighted by molar-refractivity contribution is 6.74. The zero-order valence-electron chi connectivity index (χ0n) is 16.2. The molecule has 0 aromatic rings. The van der Waals surface area contributed by atoms with Crippen molar-refractivity contribution in [3.8, 4) is 0 Å².